The van der Waals surface area contributed by atoms with Crippen molar-refractivity contribution in [1.29, 1.82) is 0 Å². The maximum absolute atomic E-state index is 12.8. The van der Waals surface area contributed by atoms with Crippen molar-refractivity contribution in [3.05, 3.63) is 54.4 Å². The molecule has 1 aliphatic heterocycles. The topological polar surface area (TPSA) is 47.4 Å². The standard InChI is InChI=1S/C22H21Cl2N3O2/c1-29-17-8-6-16(7-9-17)26-12-14(10-20(26)28)21-25-18-4-2-3-5-19(18)27(21)13-15-11-22(15,23)24/h2-9,14-15H,10-13H2,1H3. The average molecular weight is 430 g/mol. The summed E-state index contributed by atoms with van der Waals surface area (Å²) in [6, 6.07) is 15.7. The summed E-state index contributed by atoms with van der Waals surface area (Å²) in [7, 11) is 1.63. The van der Waals surface area contributed by atoms with Crippen molar-refractivity contribution in [1.82, 2.24) is 9.55 Å². The molecule has 1 aliphatic carbocycles. The van der Waals surface area contributed by atoms with E-state index in [-0.39, 0.29) is 17.7 Å². The molecular formula is C22H21Cl2N3O2. The van der Waals surface area contributed by atoms with E-state index in [1.807, 2.05) is 47.4 Å². The van der Waals surface area contributed by atoms with Crippen LogP contribution in [0.5, 0.6) is 5.75 Å². The third-order valence-electron chi connectivity index (χ3n) is 5.92. The first kappa shape index (κ1) is 18.8. The summed E-state index contributed by atoms with van der Waals surface area (Å²) in [5, 5.41) is 0. The van der Waals surface area contributed by atoms with Crippen LogP contribution in [0.1, 0.15) is 24.6 Å². The van der Waals surface area contributed by atoms with Gasteiger partial charge in [-0.3, -0.25) is 4.79 Å². The number of aromatic nitrogens is 2. The number of para-hydroxylation sites is 2. The molecule has 5 nitrogen and oxygen atoms in total. The first-order chi connectivity index (χ1) is 14.0. The number of methoxy groups -OCH3 is 1. The minimum Gasteiger partial charge on any atom is -0.497 e. The van der Waals surface area contributed by atoms with Gasteiger partial charge in [0, 0.05) is 37.0 Å². The molecule has 2 aliphatic rings. The number of carbonyl (C=O) groups excluding carboxylic acids is 1. The van der Waals surface area contributed by atoms with Gasteiger partial charge in [-0.05, 0) is 42.8 Å². The molecule has 0 bridgehead atoms. The molecule has 29 heavy (non-hydrogen) atoms. The third kappa shape index (κ3) is 3.36. The molecule has 150 valence electrons. The molecule has 2 aromatic carbocycles. The number of anilines is 1. The highest BCUT2D eigenvalue weighted by Crippen LogP contribution is 2.54. The fourth-order valence-electron chi connectivity index (χ4n) is 4.18. The second-order valence-electron chi connectivity index (χ2n) is 7.83. The van der Waals surface area contributed by atoms with Gasteiger partial charge >= 0.3 is 0 Å². The number of nitrogens with zero attached hydrogens (tertiary/aromatic N) is 3. The first-order valence-corrected chi connectivity index (χ1v) is 10.5. The van der Waals surface area contributed by atoms with Gasteiger partial charge in [0.1, 0.15) is 15.9 Å². The second kappa shape index (κ2) is 6.92. The number of ether oxygens (including phenoxy) is 1. The van der Waals surface area contributed by atoms with Gasteiger partial charge in [0.15, 0.2) is 0 Å². The van der Waals surface area contributed by atoms with Crippen LogP contribution >= 0.6 is 23.2 Å². The van der Waals surface area contributed by atoms with Gasteiger partial charge in [0.05, 0.1) is 18.1 Å². The minimum atomic E-state index is -0.650. The number of hydrogen-bond donors (Lipinski definition) is 0. The summed E-state index contributed by atoms with van der Waals surface area (Å²) in [5.41, 5.74) is 2.88. The maximum atomic E-state index is 12.8. The lowest BCUT2D eigenvalue weighted by atomic mass is 10.1. The van der Waals surface area contributed by atoms with Gasteiger partial charge < -0.3 is 14.2 Å². The highest BCUT2D eigenvalue weighted by Gasteiger charge is 2.52. The first-order valence-electron chi connectivity index (χ1n) is 9.73. The van der Waals surface area contributed by atoms with E-state index >= 15 is 0 Å². The molecule has 0 spiro atoms. The van der Waals surface area contributed by atoms with E-state index in [4.69, 9.17) is 32.9 Å². The molecule has 2 atom stereocenters. The predicted molar refractivity (Wildman–Crippen MR) is 115 cm³/mol. The van der Waals surface area contributed by atoms with Crippen LogP contribution < -0.4 is 9.64 Å². The number of rotatable bonds is 5. The molecule has 1 saturated heterocycles. The van der Waals surface area contributed by atoms with Gasteiger partial charge in [-0.1, -0.05) is 12.1 Å². The zero-order valence-electron chi connectivity index (χ0n) is 16.0. The molecule has 2 unspecified atom stereocenters. The smallest absolute Gasteiger partial charge is 0.227 e. The molecule has 0 radical (unpaired) electrons. The van der Waals surface area contributed by atoms with Crippen LogP contribution in [-0.4, -0.2) is 33.4 Å². The largest absolute Gasteiger partial charge is 0.497 e. The number of hydrogen-bond acceptors (Lipinski definition) is 3. The molecule has 0 N–H and O–H groups in total. The number of alkyl halides is 2. The Morgan fingerprint density at radius 2 is 1.90 bits per heavy atom. The minimum absolute atomic E-state index is 0.0239. The normalized spacial score (nSPS) is 23.0. The molecule has 2 fully saturated rings. The van der Waals surface area contributed by atoms with Crippen LogP contribution in [0.25, 0.3) is 11.0 Å². The Morgan fingerprint density at radius 3 is 2.59 bits per heavy atom. The van der Waals surface area contributed by atoms with Crippen LogP contribution in [0.4, 0.5) is 5.69 Å². The molecule has 5 rings (SSSR count). The van der Waals surface area contributed by atoms with Crippen LogP contribution in [0.2, 0.25) is 0 Å². The number of halogens is 2. The maximum Gasteiger partial charge on any atom is 0.227 e. The lowest BCUT2D eigenvalue weighted by molar-refractivity contribution is -0.117. The fourth-order valence-corrected chi connectivity index (χ4v) is 4.69. The van der Waals surface area contributed by atoms with Crippen molar-refractivity contribution in [2.24, 2.45) is 5.92 Å². The highest BCUT2D eigenvalue weighted by molar-refractivity contribution is 6.50. The zero-order valence-corrected chi connectivity index (χ0v) is 17.5. The van der Waals surface area contributed by atoms with E-state index in [0.29, 0.717) is 13.0 Å². The monoisotopic (exact) mass is 429 g/mol. The summed E-state index contributed by atoms with van der Waals surface area (Å²) in [5.74, 6) is 2.04. The fraction of sp³-hybridized carbons (Fsp3) is 0.364. The lowest BCUT2D eigenvalue weighted by Crippen LogP contribution is -2.24. The van der Waals surface area contributed by atoms with Crippen molar-refractivity contribution in [3.63, 3.8) is 0 Å². The van der Waals surface area contributed by atoms with Crippen molar-refractivity contribution in [2.75, 3.05) is 18.6 Å². The quantitative estimate of drug-likeness (QED) is 0.549. The lowest BCUT2D eigenvalue weighted by Gasteiger charge is -2.18. The molecular weight excluding hydrogens is 409 g/mol. The van der Waals surface area contributed by atoms with Gasteiger partial charge in [-0.25, -0.2) is 4.98 Å². The van der Waals surface area contributed by atoms with E-state index in [9.17, 15) is 4.79 Å². The summed E-state index contributed by atoms with van der Waals surface area (Å²) in [6.07, 6.45) is 1.22. The summed E-state index contributed by atoms with van der Waals surface area (Å²) >= 11 is 12.6. The third-order valence-corrected chi connectivity index (χ3v) is 6.84. The van der Waals surface area contributed by atoms with Crippen LogP contribution in [0.15, 0.2) is 48.5 Å². The van der Waals surface area contributed by atoms with E-state index in [1.54, 1.807) is 7.11 Å². The zero-order chi connectivity index (χ0) is 20.2. The van der Waals surface area contributed by atoms with Gasteiger partial charge in [0.25, 0.3) is 0 Å². The van der Waals surface area contributed by atoms with Gasteiger partial charge in [-0.15, -0.1) is 23.2 Å². The van der Waals surface area contributed by atoms with Crippen LogP contribution in [-0.2, 0) is 11.3 Å². The Labute approximate surface area is 179 Å². The number of carbonyl (C=O) groups is 1. The molecule has 1 aromatic heterocycles. The van der Waals surface area contributed by atoms with Crippen LogP contribution in [0, 0.1) is 5.92 Å². The van der Waals surface area contributed by atoms with Crippen molar-refractivity contribution in [2.45, 2.75) is 29.6 Å². The second-order valence-corrected chi connectivity index (χ2v) is 9.38. The number of fused-ring (bicyclic) bond motifs is 1. The van der Waals surface area contributed by atoms with Gasteiger partial charge in [0.2, 0.25) is 5.91 Å². The Hall–Kier alpha value is -2.24. The summed E-state index contributed by atoms with van der Waals surface area (Å²) in [6.45, 7) is 1.32. The molecule has 1 amide bonds. The Morgan fingerprint density at radius 1 is 1.17 bits per heavy atom. The highest BCUT2D eigenvalue weighted by atomic mass is 35.5. The van der Waals surface area contributed by atoms with Crippen molar-refractivity contribution in [3.8, 4) is 5.75 Å². The van der Waals surface area contributed by atoms with E-state index in [0.717, 1.165) is 41.3 Å². The van der Waals surface area contributed by atoms with Crippen molar-refractivity contribution < 1.29 is 9.53 Å². The van der Waals surface area contributed by atoms with Crippen LogP contribution in [0.3, 0.4) is 0 Å². The van der Waals surface area contributed by atoms with E-state index < -0.39 is 4.33 Å². The summed E-state index contributed by atoms with van der Waals surface area (Å²) in [4.78, 5) is 19.5. The molecule has 7 heteroatoms. The Balaban J connectivity index is 1.46. The Bertz CT molecular complexity index is 1080. The predicted octanol–water partition coefficient (Wildman–Crippen LogP) is 4.76. The Kier molecular flexibility index (Phi) is 4.48. The number of amides is 1. The van der Waals surface area contributed by atoms with Crippen molar-refractivity contribution >= 4 is 45.8 Å². The number of benzene rings is 2. The SMILES string of the molecule is COc1ccc(N2CC(c3nc4ccccc4n3CC3CC3(Cl)Cl)CC2=O)cc1. The van der Waals surface area contributed by atoms with E-state index in [1.165, 1.54) is 0 Å². The molecule has 3 aromatic rings. The summed E-state index contributed by atoms with van der Waals surface area (Å²) < 4.78 is 6.78. The molecule has 1 saturated carbocycles. The molecule has 2 heterocycles. The number of imidazole rings is 1. The van der Waals surface area contributed by atoms with E-state index in [2.05, 4.69) is 10.6 Å². The average Bonchev–Trinajstić information content (AvgIpc) is 3.04. The van der Waals surface area contributed by atoms with Gasteiger partial charge in [-0.2, -0.15) is 0 Å².